The van der Waals surface area contributed by atoms with E-state index in [2.05, 4.69) is 0 Å². The van der Waals surface area contributed by atoms with Gasteiger partial charge in [-0.05, 0) is 75.1 Å². The Morgan fingerprint density at radius 3 is 2.35 bits per heavy atom. The molecular formula is C19H21FO3. The fourth-order valence-corrected chi connectivity index (χ4v) is 2.72. The summed E-state index contributed by atoms with van der Waals surface area (Å²) < 4.78 is 25.2. The predicted octanol–water partition coefficient (Wildman–Crippen LogP) is 4.26. The van der Waals surface area contributed by atoms with E-state index in [1.54, 1.807) is 32.0 Å². The molecule has 0 radical (unpaired) electrons. The lowest BCUT2D eigenvalue weighted by Crippen LogP contribution is -2.27. The highest BCUT2D eigenvalue weighted by molar-refractivity contribution is 5.46. The van der Waals surface area contributed by atoms with Gasteiger partial charge < -0.3 is 14.6 Å². The van der Waals surface area contributed by atoms with E-state index < -0.39 is 5.60 Å². The molecule has 0 fully saturated rings. The first-order valence-corrected chi connectivity index (χ1v) is 7.86. The van der Waals surface area contributed by atoms with E-state index in [-0.39, 0.29) is 12.4 Å². The summed E-state index contributed by atoms with van der Waals surface area (Å²) in [6, 6.07) is 10.4. The molecule has 2 aromatic rings. The third-order valence-electron chi connectivity index (χ3n) is 3.83. The molecule has 0 atom stereocenters. The molecule has 3 rings (SSSR count). The van der Waals surface area contributed by atoms with Gasteiger partial charge >= 0.3 is 0 Å². The molecule has 0 unspecified atom stereocenters. The lowest BCUT2D eigenvalue weighted by Gasteiger charge is -2.18. The lowest BCUT2D eigenvalue weighted by atomic mass is 10.1. The molecule has 0 bridgehead atoms. The van der Waals surface area contributed by atoms with Crippen molar-refractivity contribution in [3.05, 3.63) is 53.3 Å². The van der Waals surface area contributed by atoms with Crippen LogP contribution in [0.4, 0.5) is 4.39 Å². The molecule has 0 spiro atoms. The minimum Gasteiger partial charge on any atom is -0.491 e. The molecule has 3 nitrogen and oxygen atoms in total. The number of benzene rings is 2. The Morgan fingerprint density at radius 2 is 1.65 bits per heavy atom. The van der Waals surface area contributed by atoms with Crippen LogP contribution >= 0.6 is 0 Å². The van der Waals surface area contributed by atoms with Crippen molar-refractivity contribution in [1.29, 1.82) is 0 Å². The first-order valence-electron chi connectivity index (χ1n) is 7.86. The van der Waals surface area contributed by atoms with Crippen molar-refractivity contribution in [1.82, 2.24) is 0 Å². The summed E-state index contributed by atoms with van der Waals surface area (Å²) in [7, 11) is 0. The van der Waals surface area contributed by atoms with Crippen molar-refractivity contribution >= 4 is 0 Å². The number of halogens is 1. The first kappa shape index (κ1) is 15.8. The smallest absolute Gasteiger partial charge is 0.131 e. The quantitative estimate of drug-likeness (QED) is 0.896. The van der Waals surface area contributed by atoms with E-state index in [1.807, 2.05) is 12.1 Å². The van der Waals surface area contributed by atoms with Gasteiger partial charge in [-0.2, -0.15) is 0 Å². The van der Waals surface area contributed by atoms with E-state index in [9.17, 15) is 9.50 Å². The summed E-state index contributed by atoms with van der Waals surface area (Å²) in [4.78, 5) is 0. The molecule has 23 heavy (non-hydrogen) atoms. The normalized spacial score (nSPS) is 13.7. The van der Waals surface area contributed by atoms with E-state index in [0.29, 0.717) is 11.5 Å². The van der Waals surface area contributed by atoms with Crippen LogP contribution in [0.3, 0.4) is 0 Å². The van der Waals surface area contributed by atoms with Crippen LogP contribution in [0.2, 0.25) is 0 Å². The number of ether oxygens (including phenoxy) is 2. The van der Waals surface area contributed by atoms with Crippen LogP contribution < -0.4 is 9.47 Å². The standard InChI is InChI=1S/C19H21FO3/c1-19(2,21)12-22-13-6-8-14(9-7-13)23-18-11-10-17(20)15-4-3-5-16(15)18/h6-11,21H,3-5,12H2,1-2H3. The maximum absolute atomic E-state index is 13.8. The third-order valence-corrected chi connectivity index (χ3v) is 3.83. The molecule has 0 aromatic heterocycles. The Balaban J connectivity index is 1.71. The SMILES string of the molecule is CC(C)(O)COc1ccc(Oc2ccc(F)c3c2CCC3)cc1. The van der Waals surface area contributed by atoms with Crippen molar-refractivity contribution < 1.29 is 19.0 Å². The molecule has 0 saturated carbocycles. The Kier molecular flexibility index (Phi) is 4.26. The van der Waals surface area contributed by atoms with Gasteiger partial charge in [-0.25, -0.2) is 4.39 Å². The number of rotatable bonds is 5. The summed E-state index contributed by atoms with van der Waals surface area (Å²) in [5.41, 5.74) is 0.893. The van der Waals surface area contributed by atoms with Crippen LogP contribution in [0.1, 0.15) is 31.4 Å². The average molecular weight is 316 g/mol. The Morgan fingerprint density at radius 1 is 1.00 bits per heavy atom. The fourth-order valence-electron chi connectivity index (χ4n) is 2.72. The van der Waals surface area contributed by atoms with Gasteiger partial charge in [0.25, 0.3) is 0 Å². The highest BCUT2D eigenvalue weighted by Crippen LogP contribution is 2.35. The van der Waals surface area contributed by atoms with Crippen molar-refractivity contribution in [2.24, 2.45) is 0 Å². The van der Waals surface area contributed by atoms with Gasteiger partial charge in [-0.3, -0.25) is 0 Å². The molecule has 0 saturated heterocycles. The van der Waals surface area contributed by atoms with Gasteiger partial charge in [0.05, 0.1) is 5.60 Å². The van der Waals surface area contributed by atoms with Crippen molar-refractivity contribution in [2.75, 3.05) is 6.61 Å². The molecule has 1 aliphatic rings. The summed E-state index contributed by atoms with van der Waals surface area (Å²) in [5, 5.41) is 9.66. The van der Waals surface area contributed by atoms with Crippen LogP contribution in [-0.2, 0) is 12.8 Å². The zero-order valence-corrected chi connectivity index (χ0v) is 13.4. The average Bonchev–Trinajstić information content (AvgIpc) is 2.99. The van der Waals surface area contributed by atoms with Crippen LogP contribution in [0.5, 0.6) is 17.2 Å². The molecule has 1 aliphatic carbocycles. The van der Waals surface area contributed by atoms with Crippen LogP contribution in [0, 0.1) is 5.82 Å². The van der Waals surface area contributed by atoms with Crippen LogP contribution in [-0.4, -0.2) is 17.3 Å². The van der Waals surface area contributed by atoms with Crippen molar-refractivity contribution in [3.8, 4) is 17.2 Å². The predicted molar refractivity (Wildman–Crippen MR) is 86.7 cm³/mol. The molecular weight excluding hydrogens is 295 g/mol. The van der Waals surface area contributed by atoms with E-state index in [1.165, 1.54) is 6.07 Å². The molecule has 1 N–H and O–H groups in total. The zero-order valence-electron chi connectivity index (χ0n) is 13.4. The van der Waals surface area contributed by atoms with E-state index in [4.69, 9.17) is 9.47 Å². The van der Waals surface area contributed by atoms with Gasteiger partial charge in [-0.1, -0.05) is 0 Å². The number of hydrogen-bond acceptors (Lipinski definition) is 3. The largest absolute Gasteiger partial charge is 0.491 e. The molecule has 122 valence electrons. The lowest BCUT2D eigenvalue weighted by molar-refractivity contribution is 0.0285. The summed E-state index contributed by atoms with van der Waals surface area (Å²) in [5.74, 6) is 1.94. The van der Waals surface area contributed by atoms with Crippen molar-refractivity contribution in [2.45, 2.75) is 38.7 Å². The van der Waals surface area contributed by atoms with Crippen LogP contribution in [0.15, 0.2) is 36.4 Å². The molecule has 2 aromatic carbocycles. The van der Waals surface area contributed by atoms with Gasteiger partial charge in [0, 0.05) is 5.56 Å². The summed E-state index contributed by atoms with van der Waals surface area (Å²) in [6.45, 7) is 3.61. The monoisotopic (exact) mass is 316 g/mol. The van der Waals surface area contributed by atoms with Gasteiger partial charge in [0.2, 0.25) is 0 Å². The number of fused-ring (bicyclic) bond motifs is 1. The second-order valence-electron chi connectivity index (χ2n) is 6.53. The molecule has 4 heteroatoms. The fraction of sp³-hybridized carbons (Fsp3) is 0.368. The minimum absolute atomic E-state index is 0.139. The Hall–Kier alpha value is -2.07. The highest BCUT2D eigenvalue weighted by atomic mass is 19.1. The summed E-state index contributed by atoms with van der Waals surface area (Å²) in [6.07, 6.45) is 2.60. The third kappa shape index (κ3) is 3.82. The maximum Gasteiger partial charge on any atom is 0.131 e. The van der Waals surface area contributed by atoms with E-state index >= 15 is 0 Å². The van der Waals surface area contributed by atoms with Crippen molar-refractivity contribution in [3.63, 3.8) is 0 Å². The number of hydrogen-bond donors (Lipinski definition) is 1. The highest BCUT2D eigenvalue weighted by Gasteiger charge is 2.20. The Bertz CT molecular complexity index is 687. The first-order chi connectivity index (χ1) is 10.9. The van der Waals surface area contributed by atoms with Gasteiger partial charge in [0.1, 0.15) is 29.7 Å². The van der Waals surface area contributed by atoms with Gasteiger partial charge in [-0.15, -0.1) is 0 Å². The second kappa shape index (κ2) is 6.20. The Labute approximate surface area is 135 Å². The zero-order chi connectivity index (χ0) is 16.4. The number of aliphatic hydroxyl groups is 1. The second-order valence-corrected chi connectivity index (χ2v) is 6.53. The minimum atomic E-state index is -0.871. The van der Waals surface area contributed by atoms with E-state index in [0.717, 1.165) is 36.1 Å². The van der Waals surface area contributed by atoms with Crippen LogP contribution in [0.25, 0.3) is 0 Å². The maximum atomic E-state index is 13.8. The summed E-state index contributed by atoms with van der Waals surface area (Å²) >= 11 is 0. The molecule has 0 amide bonds. The van der Waals surface area contributed by atoms with Gasteiger partial charge in [0.15, 0.2) is 0 Å². The molecule has 0 aliphatic heterocycles. The molecule has 0 heterocycles. The topological polar surface area (TPSA) is 38.7 Å².